The lowest BCUT2D eigenvalue weighted by molar-refractivity contribution is -0.131. The Labute approximate surface area is 175 Å². The molecule has 2 rings (SSSR count). The van der Waals surface area contributed by atoms with E-state index in [2.05, 4.69) is 28.7 Å². The molecule has 2 aromatic rings. The van der Waals surface area contributed by atoms with E-state index in [1.165, 1.54) is 16.7 Å². The van der Waals surface area contributed by atoms with E-state index in [4.69, 9.17) is 11.6 Å². The van der Waals surface area contributed by atoms with Gasteiger partial charge in [0.1, 0.15) is 0 Å². The second-order valence-electron chi connectivity index (χ2n) is 7.14. The number of nitrogens with one attached hydrogen (secondary N) is 1. The van der Waals surface area contributed by atoms with Crippen molar-refractivity contribution in [2.24, 2.45) is 5.92 Å². The normalized spacial score (nSPS) is 11.0. The van der Waals surface area contributed by atoms with Crippen LogP contribution in [0.1, 0.15) is 25.2 Å². The molecule has 6 nitrogen and oxygen atoms in total. The van der Waals surface area contributed by atoms with E-state index in [0.29, 0.717) is 16.6 Å². The van der Waals surface area contributed by atoms with Gasteiger partial charge in [-0.25, -0.2) is 4.98 Å². The number of likely N-dealkylation sites (N-methyl/N-ethyl adjacent to an activating group) is 1. The van der Waals surface area contributed by atoms with Gasteiger partial charge in [-0.2, -0.15) is 0 Å². The predicted molar refractivity (Wildman–Crippen MR) is 115 cm³/mol. The number of halogens is 1. The monoisotopic (exact) mass is 422 g/mol. The summed E-state index contributed by atoms with van der Waals surface area (Å²) in [5.41, 5.74) is 2.63. The fourth-order valence-corrected chi connectivity index (χ4v) is 3.83. The Morgan fingerprint density at radius 2 is 1.96 bits per heavy atom. The van der Waals surface area contributed by atoms with E-state index in [1.54, 1.807) is 31.3 Å². The maximum absolute atomic E-state index is 12.5. The number of amides is 2. The third-order valence-corrected chi connectivity index (χ3v) is 5.54. The first-order valence-electron chi connectivity index (χ1n) is 9.14. The molecule has 8 heteroatoms. The van der Waals surface area contributed by atoms with Gasteiger partial charge < -0.3 is 14.8 Å². The number of imidazole rings is 1. The van der Waals surface area contributed by atoms with Gasteiger partial charge in [0.2, 0.25) is 11.8 Å². The van der Waals surface area contributed by atoms with Crippen LogP contribution in [-0.2, 0) is 16.1 Å². The van der Waals surface area contributed by atoms with Crippen molar-refractivity contribution in [3.05, 3.63) is 40.7 Å². The molecule has 28 heavy (non-hydrogen) atoms. The summed E-state index contributed by atoms with van der Waals surface area (Å²) >= 11 is 7.44. The molecule has 2 amide bonds. The molecule has 0 aliphatic carbocycles. The molecule has 0 unspecified atom stereocenters. The quantitative estimate of drug-likeness (QED) is 0.653. The number of aromatic nitrogens is 2. The van der Waals surface area contributed by atoms with Crippen molar-refractivity contribution in [1.29, 1.82) is 0 Å². The Balaban J connectivity index is 1.92. The molecule has 152 valence electrons. The van der Waals surface area contributed by atoms with Gasteiger partial charge in [-0.1, -0.05) is 49.3 Å². The number of rotatable bonds is 8. The number of aryl methyl sites for hydroxylation is 1. The van der Waals surface area contributed by atoms with E-state index >= 15 is 0 Å². The van der Waals surface area contributed by atoms with Gasteiger partial charge in [0.25, 0.3) is 0 Å². The third kappa shape index (κ3) is 6.01. The number of carbonyl (C=O) groups is 2. The number of hydrogen-bond acceptors (Lipinski definition) is 4. The molecule has 0 saturated carbocycles. The van der Waals surface area contributed by atoms with Crippen LogP contribution >= 0.6 is 23.4 Å². The van der Waals surface area contributed by atoms with Crippen LogP contribution in [-0.4, -0.2) is 45.6 Å². The lowest BCUT2D eigenvalue weighted by Gasteiger charge is -2.17. The first-order chi connectivity index (χ1) is 13.2. The van der Waals surface area contributed by atoms with Crippen molar-refractivity contribution in [3.63, 3.8) is 0 Å². The molecule has 0 fully saturated rings. The average molecular weight is 423 g/mol. The number of para-hydroxylation sites is 1. The molecule has 0 aliphatic rings. The fraction of sp³-hybridized carbons (Fsp3) is 0.450. The Kier molecular flexibility index (Phi) is 7.95. The molecule has 1 aromatic carbocycles. The van der Waals surface area contributed by atoms with E-state index in [9.17, 15) is 9.59 Å². The van der Waals surface area contributed by atoms with Crippen molar-refractivity contribution in [1.82, 2.24) is 14.5 Å². The SMILES string of the molecule is Cc1nc(SCC(=O)N(C)CC(=O)Nc2ccccc2Cl)n(CC(C)C)c1C. The highest BCUT2D eigenvalue weighted by molar-refractivity contribution is 7.99. The van der Waals surface area contributed by atoms with Crippen LogP contribution < -0.4 is 5.32 Å². The van der Waals surface area contributed by atoms with Gasteiger partial charge in [0, 0.05) is 19.3 Å². The Morgan fingerprint density at radius 1 is 1.29 bits per heavy atom. The zero-order valence-electron chi connectivity index (χ0n) is 17.0. The van der Waals surface area contributed by atoms with E-state index in [0.717, 1.165) is 23.1 Å². The maximum atomic E-state index is 12.5. The molecule has 0 atom stereocenters. The second-order valence-corrected chi connectivity index (χ2v) is 8.49. The topological polar surface area (TPSA) is 67.2 Å². The van der Waals surface area contributed by atoms with Crippen molar-refractivity contribution >= 4 is 40.9 Å². The Bertz CT molecular complexity index is 851. The number of anilines is 1. The summed E-state index contributed by atoms with van der Waals surface area (Å²) in [4.78, 5) is 30.6. The van der Waals surface area contributed by atoms with Crippen molar-refractivity contribution in [3.8, 4) is 0 Å². The van der Waals surface area contributed by atoms with Gasteiger partial charge >= 0.3 is 0 Å². The molecule has 1 N–H and O–H groups in total. The van der Waals surface area contributed by atoms with Crippen LogP contribution in [0.15, 0.2) is 29.4 Å². The van der Waals surface area contributed by atoms with Crippen molar-refractivity contribution in [2.45, 2.75) is 39.4 Å². The first-order valence-corrected chi connectivity index (χ1v) is 10.5. The molecule has 0 spiro atoms. The molecule has 0 bridgehead atoms. The number of carbonyl (C=O) groups excluding carboxylic acids is 2. The lowest BCUT2D eigenvalue weighted by atomic mass is 10.2. The molecule has 0 aliphatic heterocycles. The van der Waals surface area contributed by atoms with E-state index in [-0.39, 0.29) is 24.1 Å². The number of hydrogen-bond donors (Lipinski definition) is 1. The second kappa shape index (κ2) is 9.98. The van der Waals surface area contributed by atoms with Crippen LogP contribution in [0.3, 0.4) is 0 Å². The summed E-state index contributed by atoms with van der Waals surface area (Å²) in [6.07, 6.45) is 0. The largest absolute Gasteiger partial charge is 0.336 e. The molecular weight excluding hydrogens is 396 g/mol. The van der Waals surface area contributed by atoms with Crippen molar-refractivity contribution in [2.75, 3.05) is 24.7 Å². The van der Waals surface area contributed by atoms with Gasteiger partial charge in [0.15, 0.2) is 5.16 Å². The number of benzene rings is 1. The maximum Gasteiger partial charge on any atom is 0.244 e. The highest BCUT2D eigenvalue weighted by Crippen LogP contribution is 2.23. The van der Waals surface area contributed by atoms with Crippen LogP contribution in [0.2, 0.25) is 5.02 Å². The summed E-state index contributed by atoms with van der Waals surface area (Å²) < 4.78 is 2.15. The van der Waals surface area contributed by atoms with Gasteiger partial charge in [-0.05, 0) is 31.9 Å². The molecule has 0 saturated heterocycles. The number of thioether (sulfide) groups is 1. The predicted octanol–water partition coefficient (Wildman–Crippen LogP) is 4.00. The summed E-state index contributed by atoms with van der Waals surface area (Å²) in [5, 5.41) is 4.02. The molecule has 1 aromatic heterocycles. The minimum atomic E-state index is -0.290. The minimum absolute atomic E-state index is 0.0386. The fourth-order valence-electron chi connectivity index (χ4n) is 2.61. The molecular formula is C20H27ClN4O2S. The van der Waals surface area contributed by atoms with Gasteiger partial charge in [-0.3, -0.25) is 9.59 Å². The summed E-state index contributed by atoms with van der Waals surface area (Å²) in [5.74, 6) is 0.290. The third-order valence-electron chi connectivity index (χ3n) is 4.25. The van der Waals surface area contributed by atoms with Crippen LogP contribution in [0.25, 0.3) is 0 Å². The molecule has 1 heterocycles. The van der Waals surface area contributed by atoms with Crippen molar-refractivity contribution < 1.29 is 9.59 Å². The average Bonchev–Trinajstić information content (AvgIpc) is 2.88. The zero-order valence-corrected chi connectivity index (χ0v) is 18.5. The zero-order chi connectivity index (χ0) is 20.8. The first kappa shape index (κ1) is 22.3. The standard InChI is InChI=1S/C20H27ClN4O2S/c1-13(2)10-25-15(4)14(3)22-20(25)28-12-19(27)24(5)11-18(26)23-17-9-7-6-8-16(17)21/h6-9,13H,10-12H2,1-5H3,(H,23,26). The van der Waals surface area contributed by atoms with Crippen LogP contribution in [0, 0.1) is 19.8 Å². The van der Waals surface area contributed by atoms with E-state index < -0.39 is 0 Å². The van der Waals surface area contributed by atoms with Gasteiger partial charge in [0.05, 0.1) is 28.7 Å². The highest BCUT2D eigenvalue weighted by atomic mass is 35.5. The lowest BCUT2D eigenvalue weighted by Crippen LogP contribution is -2.36. The Morgan fingerprint density at radius 3 is 2.61 bits per heavy atom. The Hall–Kier alpha value is -1.99. The van der Waals surface area contributed by atoms with E-state index in [1.807, 2.05) is 13.8 Å². The van der Waals surface area contributed by atoms with Gasteiger partial charge in [-0.15, -0.1) is 0 Å². The van der Waals surface area contributed by atoms with Crippen LogP contribution in [0.5, 0.6) is 0 Å². The summed E-state index contributed by atoms with van der Waals surface area (Å²) in [7, 11) is 1.62. The highest BCUT2D eigenvalue weighted by Gasteiger charge is 2.17. The molecule has 0 radical (unpaired) electrons. The smallest absolute Gasteiger partial charge is 0.244 e. The minimum Gasteiger partial charge on any atom is -0.336 e. The number of nitrogens with zero attached hydrogens (tertiary/aromatic N) is 3. The summed E-state index contributed by atoms with van der Waals surface area (Å²) in [6.45, 7) is 9.15. The van der Waals surface area contributed by atoms with Crippen LogP contribution in [0.4, 0.5) is 5.69 Å². The summed E-state index contributed by atoms with van der Waals surface area (Å²) in [6, 6.07) is 7.00.